The molecule has 53 heavy (non-hydrogen) atoms. The van der Waals surface area contributed by atoms with Crippen LogP contribution in [-0.2, 0) is 29.1 Å². The Bertz CT molecular complexity index is 1840. The zero-order valence-corrected chi connectivity index (χ0v) is 33.7. The smallest absolute Gasteiger partial charge is 0.408 e. The van der Waals surface area contributed by atoms with E-state index in [9.17, 15) is 27.6 Å². The Balaban J connectivity index is 1.70. The summed E-state index contributed by atoms with van der Waals surface area (Å²) in [6.07, 6.45) is 4.20. The fourth-order valence-electron chi connectivity index (χ4n) is 6.07. The third-order valence-corrected chi connectivity index (χ3v) is 11.5. The Hall–Kier alpha value is -4.05. The summed E-state index contributed by atoms with van der Waals surface area (Å²) in [6.45, 7) is 17.9. The Morgan fingerprint density at radius 3 is 2.32 bits per heavy atom. The number of amides is 4. The van der Waals surface area contributed by atoms with E-state index in [2.05, 4.69) is 26.9 Å². The van der Waals surface area contributed by atoms with Gasteiger partial charge in [-0.15, -0.1) is 18.3 Å². The third kappa shape index (κ3) is 10.1. The van der Waals surface area contributed by atoms with Crippen molar-refractivity contribution in [3.63, 3.8) is 0 Å². The number of carbonyl (C=O) groups is 4. The van der Waals surface area contributed by atoms with Crippen LogP contribution in [0.5, 0.6) is 11.6 Å². The van der Waals surface area contributed by atoms with Crippen LogP contribution in [0, 0.1) is 5.41 Å². The maximum absolute atomic E-state index is 14.5. The topological polar surface area (TPSA) is 182 Å². The number of rotatable bonds is 14. The van der Waals surface area contributed by atoms with Gasteiger partial charge in [-0.1, -0.05) is 26.8 Å². The van der Waals surface area contributed by atoms with E-state index in [1.807, 2.05) is 31.4 Å². The van der Waals surface area contributed by atoms with Crippen molar-refractivity contribution in [1.29, 1.82) is 0 Å². The molecule has 0 radical (unpaired) electrons. The number of nitrogens with zero attached hydrogens (tertiary/aromatic N) is 2. The fraction of sp³-hybridized carbons (Fsp3) is 0.595. The number of alkyl carbamates (subject to hydrolysis) is 1. The number of hydrogen-bond acceptors (Lipinski definition) is 11. The number of ether oxygens (including phenoxy) is 3. The number of hydrogen-bond donors (Lipinski definition) is 3. The van der Waals surface area contributed by atoms with Gasteiger partial charge in [0.05, 0.1) is 23.3 Å². The lowest BCUT2D eigenvalue weighted by molar-refractivity contribution is -0.143. The third-order valence-electron chi connectivity index (χ3n) is 8.88. The molecule has 4 atom stereocenters. The molecule has 3 N–H and O–H groups in total. The lowest BCUT2D eigenvalue weighted by Gasteiger charge is -2.36. The lowest BCUT2D eigenvalue weighted by atomic mass is 9.85. The highest BCUT2D eigenvalue weighted by Crippen LogP contribution is 2.39. The van der Waals surface area contributed by atoms with Crippen LogP contribution in [0.1, 0.15) is 81.1 Å². The largest absolute Gasteiger partial charge is 0.493 e. The first-order chi connectivity index (χ1) is 24.6. The monoisotopic (exact) mass is 775 g/mol. The molecule has 2 aromatic rings. The van der Waals surface area contributed by atoms with Gasteiger partial charge in [0.1, 0.15) is 35.1 Å². The van der Waals surface area contributed by atoms with E-state index in [-0.39, 0.29) is 19.4 Å². The summed E-state index contributed by atoms with van der Waals surface area (Å²) in [6, 6.07) is 3.24. The molecule has 1 aromatic heterocycles. The van der Waals surface area contributed by atoms with Gasteiger partial charge in [-0.2, -0.15) is 0 Å². The van der Waals surface area contributed by atoms with E-state index < -0.39 is 73.8 Å². The molecule has 4 amide bonds. The van der Waals surface area contributed by atoms with Gasteiger partial charge in [-0.25, -0.2) is 18.2 Å². The van der Waals surface area contributed by atoms with Gasteiger partial charge in [0.25, 0.3) is 5.91 Å². The summed E-state index contributed by atoms with van der Waals surface area (Å²) < 4.78 is 45.2. The predicted molar refractivity (Wildman–Crippen MR) is 203 cm³/mol. The van der Waals surface area contributed by atoms with E-state index in [0.717, 1.165) is 16.0 Å². The molecule has 2 fully saturated rings. The normalized spacial score (nSPS) is 19.5. The van der Waals surface area contributed by atoms with Crippen LogP contribution in [-0.4, -0.2) is 96.1 Å². The highest BCUT2D eigenvalue weighted by Gasteiger charge is 2.49. The van der Waals surface area contributed by atoms with Gasteiger partial charge in [0.2, 0.25) is 27.7 Å². The van der Waals surface area contributed by atoms with Crippen molar-refractivity contribution in [2.45, 2.75) is 121 Å². The van der Waals surface area contributed by atoms with Gasteiger partial charge in [-0.3, -0.25) is 19.1 Å². The molecule has 0 unspecified atom stereocenters. The summed E-state index contributed by atoms with van der Waals surface area (Å²) in [4.78, 5) is 61.9. The van der Waals surface area contributed by atoms with Crippen molar-refractivity contribution in [1.82, 2.24) is 25.2 Å². The van der Waals surface area contributed by atoms with Crippen molar-refractivity contribution in [3.05, 3.63) is 37.1 Å². The van der Waals surface area contributed by atoms with Crippen LogP contribution < -0.4 is 24.8 Å². The molecule has 4 rings (SSSR count). The second-order valence-electron chi connectivity index (χ2n) is 15.7. The SMILES string of the molecule is C=CC[C@](C)(NC(=O)[C@@H]1C[C@@H](Oc2nccc3c(SC)c(OCC)ccc23)CN1C(=O)[C@@H](NC(=O)OC(C)(C)C)C(C)(C)C)C(=O)NS(=O)(=O)C1CC1. The van der Waals surface area contributed by atoms with E-state index >= 15 is 0 Å². The molecule has 1 aliphatic heterocycles. The van der Waals surface area contributed by atoms with Crippen LogP contribution in [0.2, 0.25) is 0 Å². The van der Waals surface area contributed by atoms with Crippen LogP contribution in [0.3, 0.4) is 0 Å². The highest BCUT2D eigenvalue weighted by atomic mass is 32.2. The Morgan fingerprint density at radius 1 is 1.08 bits per heavy atom. The van der Waals surface area contributed by atoms with Gasteiger partial charge < -0.3 is 29.7 Å². The van der Waals surface area contributed by atoms with Crippen molar-refractivity contribution >= 4 is 56.4 Å². The van der Waals surface area contributed by atoms with E-state index in [1.54, 1.807) is 47.7 Å². The summed E-state index contributed by atoms with van der Waals surface area (Å²) in [5, 5.41) is 6.32. The Kier molecular flexibility index (Phi) is 12.7. The van der Waals surface area contributed by atoms with Crippen molar-refractivity contribution < 1.29 is 41.8 Å². The zero-order valence-electron chi connectivity index (χ0n) is 32.0. The molecule has 1 aromatic carbocycles. The van der Waals surface area contributed by atoms with Crippen molar-refractivity contribution in [3.8, 4) is 11.6 Å². The molecule has 1 saturated heterocycles. The van der Waals surface area contributed by atoms with E-state index in [1.165, 1.54) is 29.7 Å². The van der Waals surface area contributed by atoms with Crippen molar-refractivity contribution in [2.75, 3.05) is 19.4 Å². The summed E-state index contributed by atoms with van der Waals surface area (Å²) in [5.41, 5.74) is -3.39. The number of benzene rings is 1. The summed E-state index contributed by atoms with van der Waals surface area (Å²) in [7, 11) is -3.93. The lowest BCUT2D eigenvalue weighted by Crippen LogP contribution is -2.62. The molecule has 0 spiro atoms. The second kappa shape index (κ2) is 16.1. The zero-order chi connectivity index (χ0) is 39.5. The first-order valence-corrected chi connectivity index (χ1v) is 20.4. The van der Waals surface area contributed by atoms with Gasteiger partial charge >= 0.3 is 6.09 Å². The standard InChI is InChI=1S/C37H53N5O9S2/c1-11-18-37(9,33(45)41-53(47,48)23-13-14-23)40-30(43)26-20-22(21-42(26)32(44)29(35(3,4)5)39-34(46)51-36(6,7)8)50-31-25-15-16-27(49-12-2)28(52-10)24(25)17-19-38-31/h11,15-17,19,22-23,26,29H,1,12-14,18,20-21H2,2-10H3,(H,39,46)(H,40,43)(H,41,45)/t22-,26+,29-,37+/m1/s1. The quantitative estimate of drug-likeness (QED) is 0.179. The number of likely N-dealkylation sites (tertiary alicyclic amines) is 1. The van der Waals surface area contributed by atoms with E-state index in [0.29, 0.717) is 30.7 Å². The molecule has 1 saturated carbocycles. The predicted octanol–water partition coefficient (Wildman–Crippen LogP) is 4.70. The minimum absolute atomic E-state index is 0.00246. The first kappa shape index (κ1) is 41.7. The average molecular weight is 776 g/mol. The maximum atomic E-state index is 14.5. The first-order valence-electron chi connectivity index (χ1n) is 17.7. The number of fused-ring (bicyclic) bond motifs is 1. The van der Waals surface area contributed by atoms with Crippen LogP contribution in [0.15, 0.2) is 41.9 Å². The van der Waals surface area contributed by atoms with Crippen LogP contribution in [0.25, 0.3) is 10.8 Å². The highest BCUT2D eigenvalue weighted by molar-refractivity contribution is 7.99. The molecule has 16 heteroatoms. The molecular weight excluding hydrogens is 723 g/mol. The Morgan fingerprint density at radius 2 is 1.75 bits per heavy atom. The summed E-state index contributed by atoms with van der Waals surface area (Å²) >= 11 is 1.52. The molecular formula is C37H53N5O9S2. The minimum atomic E-state index is -3.93. The van der Waals surface area contributed by atoms with Crippen LogP contribution >= 0.6 is 11.8 Å². The molecule has 1 aliphatic carbocycles. The molecule has 0 bridgehead atoms. The number of nitrogens with one attached hydrogen (secondary N) is 3. The number of pyridine rings is 1. The minimum Gasteiger partial charge on any atom is -0.493 e. The molecule has 14 nitrogen and oxygen atoms in total. The summed E-state index contributed by atoms with van der Waals surface area (Å²) in [5.74, 6) is -1.19. The van der Waals surface area contributed by atoms with Crippen LogP contribution in [0.4, 0.5) is 4.79 Å². The number of thioether (sulfide) groups is 1. The second-order valence-corrected chi connectivity index (χ2v) is 18.4. The molecule has 2 aliphatic rings. The van der Waals surface area contributed by atoms with E-state index in [4.69, 9.17) is 14.2 Å². The number of aromatic nitrogens is 1. The fourth-order valence-corrected chi connectivity index (χ4v) is 8.21. The van der Waals surface area contributed by atoms with Gasteiger partial charge in [-0.05, 0) is 83.8 Å². The molecule has 292 valence electrons. The Labute approximate surface area is 316 Å². The maximum Gasteiger partial charge on any atom is 0.408 e. The van der Waals surface area contributed by atoms with Gasteiger partial charge in [0, 0.05) is 23.4 Å². The average Bonchev–Trinajstić information content (AvgIpc) is 3.83. The number of sulfonamides is 1. The molecule has 2 heterocycles. The van der Waals surface area contributed by atoms with Crippen molar-refractivity contribution in [2.24, 2.45) is 5.41 Å². The van der Waals surface area contributed by atoms with Gasteiger partial charge in [0.15, 0.2) is 0 Å². The number of carbonyl (C=O) groups excluding carboxylic acids is 4.